The molecule has 2 aromatic rings. The zero-order chi connectivity index (χ0) is 15.4. The van der Waals surface area contributed by atoms with Gasteiger partial charge in [-0.3, -0.25) is 0 Å². The number of nitrogens with zero attached hydrogens (tertiary/aromatic N) is 1. The van der Waals surface area contributed by atoms with E-state index in [1.54, 1.807) is 23.1 Å². The number of halogens is 3. The molecule has 0 aliphatic carbocycles. The van der Waals surface area contributed by atoms with Crippen molar-refractivity contribution in [1.82, 2.24) is 4.90 Å². The molecular formula is C15H13ClF2N2S. The van der Waals surface area contributed by atoms with E-state index in [0.29, 0.717) is 17.3 Å². The third-order valence-corrected chi connectivity index (χ3v) is 3.55. The Morgan fingerprint density at radius 1 is 1.19 bits per heavy atom. The molecule has 0 aromatic heterocycles. The molecule has 0 radical (unpaired) electrons. The lowest BCUT2D eigenvalue weighted by Gasteiger charge is -2.21. The largest absolute Gasteiger partial charge is 0.348 e. The number of rotatable bonds is 3. The lowest BCUT2D eigenvalue weighted by molar-refractivity contribution is 0.507. The average molecular weight is 327 g/mol. The van der Waals surface area contributed by atoms with E-state index in [1.807, 2.05) is 7.05 Å². The van der Waals surface area contributed by atoms with Crippen LogP contribution in [0.2, 0.25) is 5.02 Å². The number of nitrogens with one attached hydrogen (secondary N) is 1. The smallest absolute Gasteiger partial charge is 0.173 e. The van der Waals surface area contributed by atoms with Gasteiger partial charge < -0.3 is 10.2 Å². The molecule has 0 atom stereocenters. The maximum absolute atomic E-state index is 13.1. The highest BCUT2D eigenvalue weighted by Crippen LogP contribution is 2.19. The Morgan fingerprint density at radius 2 is 1.86 bits per heavy atom. The Bertz CT molecular complexity index is 647. The van der Waals surface area contributed by atoms with Crippen LogP contribution >= 0.6 is 23.8 Å². The van der Waals surface area contributed by atoms with Crippen LogP contribution < -0.4 is 5.32 Å². The van der Waals surface area contributed by atoms with Gasteiger partial charge in [0.05, 0.1) is 5.02 Å². The molecule has 21 heavy (non-hydrogen) atoms. The van der Waals surface area contributed by atoms with Gasteiger partial charge in [-0.05, 0) is 48.1 Å². The highest BCUT2D eigenvalue weighted by Gasteiger charge is 2.07. The normalized spacial score (nSPS) is 10.3. The van der Waals surface area contributed by atoms with Crippen molar-refractivity contribution >= 4 is 34.6 Å². The van der Waals surface area contributed by atoms with Gasteiger partial charge >= 0.3 is 0 Å². The fraction of sp³-hybridized carbons (Fsp3) is 0.133. The molecule has 0 amide bonds. The topological polar surface area (TPSA) is 15.3 Å². The summed E-state index contributed by atoms with van der Waals surface area (Å²) < 4.78 is 25.9. The van der Waals surface area contributed by atoms with Gasteiger partial charge in [-0.2, -0.15) is 0 Å². The summed E-state index contributed by atoms with van der Waals surface area (Å²) in [6, 6.07) is 10.5. The second kappa shape index (κ2) is 6.83. The van der Waals surface area contributed by atoms with Crippen LogP contribution in [0.5, 0.6) is 0 Å². The van der Waals surface area contributed by atoms with Crippen molar-refractivity contribution in [2.24, 2.45) is 0 Å². The summed E-state index contributed by atoms with van der Waals surface area (Å²) in [6.07, 6.45) is 0. The van der Waals surface area contributed by atoms with Crippen molar-refractivity contribution in [3.05, 3.63) is 64.7 Å². The Labute approximate surface area is 132 Å². The summed E-state index contributed by atoms with van der Waals surface area (Å²) in [5, 5.41) is 3.47. The van der Waals surface area contributed by atoms with Gasteiger partial charge in [-0.15, -0.1) is 0 Å². The van der Waals surface area contributed by atoms with Crippen molar-refractivity contribution in [2.45, 2.75) is 6.54 Å². The second-order valence-electron chi connectivity index (χ2n) is 4.54. The summed E-state index contributed by atoms with van der Waals surface area (Å²) in [5.41, 5.74) is 1.54. The van der Waals surface area contributed by atoms with Crippen molar-refractivity contribution < 1.29 is 8.78 Å². The zero-order valence-electron chi connectivity index (χ0n) is 11.2. The van der Waals surface area contributed by atoms with E-state index in [-0.39, 0.29) is 10.8 Å². The minimum absolute atomic E-state index is 0.0315. The van der Waals surface area contributed by atoms with E-state index in [1.165, 1.54) is 24.3 Å². The summed E-state index contributed by atoms with van der Waals surface area (Å²) in [5.74, 6) is -0.754. The first-order valence-corrected chi connectivity index (χ1v) is 6.96. The van der Waals surface area contributed by atoms with Gasteiger partial charge in [0.1, 0.15) is 11.6 Å². The number of anilines is 1. The van der Waals surface area contributed by atoms with Crippen LogP contribution in [-0.2, 0) is 6.54 Å². The van der Waals surface area contributed by atoms with Crippen LogP contribution in [-0.4, -0.2) is 17.1 Å². The molecular weight excluding hydrogens is 314 g/mol. The second-order valence-corrected chi connectivity index (χ2v) is 5.34. The fourth-order valence-electron chi connectivity index (χ4n) is 1.73. The number of thiocarbonyl (C=S) groups is 1. The molecule has 0 fully saturated rings. The number of hydrogen-bond donors (Lipinski definition) is 1. The van der Waals surface area contributed by atoms with Crippen molar-refractivity contribution in [3.8, 4) is 0 Å². The highest BCUT2D eigenvalue weighted by molar-refractivity contribution is 7.80. The van der Waals surface area contributed by atoms with Crippen molar-refractivity contribution in [1.29, 1.82) is 0 Å². The first-order chi connectivity index (χ1) is 9.95. The fourth-order valence-corrected chi connectivity index (χ4v) is 2.09. The molecule has 0 saturated heterocycles. The van der Waals surface area contributed by atoms with E-state index in [2.05, 4.69) is 5.32 Å². The first kappa shape index (κ1) is 15.7. The molecule has 0 saturated carbocycles. The van der Waals surface area contributed by atoms with Crippen molar-refractivity contribution in [2.75, 3.05) is 12.4 Å². The molecule has 0 spiro atoms. The number of hydrogen-bond acceptors (Lipinski definition) is 1. The van der Waals surface area contributed by atoms with E-state index in [4.69, 9.17) is 23.8 Å². The minimum Gasteiger partial charge on any atom is -0.348 e. The van der Waals surface area contributed by atoms with E-state index < -0.39 is 5.82 Å². The summed E-state index contributed by atoms with van der Waals surface area (Å²) in [7, 11) is 1.81. The van der Waals surface area contributed by atoms with Crippen LogP contribution in [0, 0.1) is 11.6 Å². The quantitative estimate of drug-likeness (QED) is 0.839. The lowest BCUT2D eigenvalue weighted by Crippen LogP contribution is -2.30. The summed E-state index contributed by atoms with van der Waals surface area (Å²) in [6.45, 7) is 0.529. The maximum atomic E-state index is 13.1. The molecule has 1 N–H and O–H groups in total. The zero-order valence-corrected chi connectivity index (χ0v) is 12.8. The molecule has 0 aliphatic rings. The van der Waals surface area contributed by atoms with Crippen LogP contribution in [0.25, 0.3) is 0 Å². The summed E-state index contributed by atoms with van der Waals surface area (Å²) in [4.78, 5) is 1.79. The van der Waals surface area contributed by atoms with E-state index in [0.717, 1.165) is 5.56 Å². The molecule has 0 unspecified atom stereocenters. The Kier molecular flexibility index (Phi) is 5.09. The van der Waals surface area contributed by atoms with Crippen LogP contribution in [0.4, 0.5) is 14.5 Å². The van der Waals surface area contributed by atoms with Gasteiger partial charge in [0, 0.05) is 19.3 Å². The maximum Gasteiger partial charge on any atom is 0.173 e. The molecule has 0 aliphatic heterocycles. The standard InChI is InChI=1S/C15H13ClF2N2S/c1-20(9-10-2-4-11(17)5-3-10)15(21)19-12-6-7-14(18)13(16)8-12/h2-8H,9H2,1H3,(H,19,21). The van der Waals surface area contributed by atoms with E-state index >= 15 is 0 Å². The molecule has 2 nitrogen and oxygen atoms in total. The van der Waals surface area contributed by atoms with Gasteiger partial charge in [-0.25, -0.2) is 8.78 Å². The SMILES string of the molecule is CN(Cc1ccc(F)cc1)C(=S)Nc1ccc(F)c(Cl)c1. The predicted octanol–water partition coefficient (Wildman–Crippen LogP) is 4.45. The van der Waals surface area contributed by atoms with Crippen LogP contribution in [0.15, 0.2) is 42.5 Å². The van der Waals surface area contributed by atoms with Gasteiger partial charge in [0.2, 0.25) is 0 Å². The Balaban J connectivity index is 1.98. The van der Waals surface area contributed by atoms with Crippen LogP contribution in [0.3, 0.4) is 0 Å². The monoisotopic (exact) mass is 326 g/mol. The Hall–Kier alpha value is -1.72. The van der Waals surface area contributed by atoms with Crippen molar-refractivity contribution in [3.63, 3.8) is 0 Å². The molecule has 2 rings (SSSR count). The summed E-state index contributed by atoms with van der Waals surface area (Å²) >= 11 is 11.0. The van der Waals surface area contributed by atoms with Gasteiger partial charge in [0.25, 0.3) is 0 Å². The van der Waals surface area contributed by atoms with E-state index in [9.17, 15) is 8.78 Å². The minimum atomic E-state index is -0.479. The third kappa shape index (κ3) is 4.37. The average Bonchev–Trinajstić information content (AvgIpc) is 2.45. The predicted molar refractivity (Wildman–Crippen MR) is 85.5 cm³/mol. The van der Waals surface area contributed by atoms with Gasteiger partial charge in [-0.1, -0.05) is 23.7 Å². The molecule has 0 heterocycles. The lowest BCUT2D eigenvalue weighted by atomic mass is 10.2. The van der Waals surface area contributed by atoms with Gasteiger partial charge in [0.15, 0.2) is 5.11 Å². The first-order valence-electron chi connectivity index (χ1n) is 6.17. The number of benzene rings is 2. The van der Waals surface area contributed by atoms with Crippen LogP contribution in [0.1, 0.15) is 5.56 Å². The molecule has 110 valence electrons. The highest BCUT2D eigenvalue weighted by atomic mass is 35.5. The molecule has 6 heteroatoms. The molecule has 2 aromatic carbocycles. The third-order valence-electron chi connectivity index (χ3n) is 2.85. The molecule has 0 bridgehead atoms. The Morgan fingerprint density at radius 3 is 2.48 bits per heavy atom.